The number of nitrogens with two attached hydrogens (primary N) is 1. The van der Waals surface area contributed by atoms with E-state index in [1.807, 2.05) is 24.9 Å². The maximum atomic E-state index is 14.2. The van der Waals surface area contributed by atoms with Crippen LogP contribution in [-0.2, 0) is 19.2 Å². The van der Waals surface area contributed by atoms with Gasteiger partial charge in [0.2, 0.25) is 5.91 Å². The number of fused-ring (bicyclic) bond motifs is 3. The standard InChI is InChI=1S/C30H40N4O7/c1-13-16-7-8-17(34(6)15-9-11-33(5)12-10-15)24(35)19(16)25(36)20-18(13)14(2)22-23(32(3)4)26(37)21(29(31)40)28(39)30(22,41)27(20)38/h7-8,13-15,18,20-23,35,41H,9-12H2,1-6H3,(H2,31,40)/t13-,14-,18-,20?,21?,22-,23-,30-/m0/s1. The SMILES string of the molecule is C[C@H]1[C@H]2C(C(=O)c3c(ccc(N(C)C4CCN(C)CC4)c3O)[C@@H]2C)C(=O)[C@]2(O)C(=O)C(C(N)=O)C(=O)[C@@H](N(C)C)[C@H]12. The van der Waals surface area contributed by atoms with E-state index in [-0.39, 0.29) is 17.4 Å². The molecule has 0 spiro atoms. The summed E-state index contributed by atoms with van der Waals surface area (Å²) in [5, 5.41) is 23.4. The maximum Gasteiger partial charge on any atom is 0.235 e. The highest BCUT2D eigenvalue weighted by Crippen LogP contribution is 2.57. The Morgan fingerprint density at radius 3 is 2.22 bits per heavy atom. The molecule has 0 bridgehead atoms. The molecular formula is C30H40N4O7. The molecule has 3 aliphatic carbocycles. The van der Waals surface area contributed by atoms with Gasteiger partial charge in [0.15, 0.2) is 34.7 Å². The van der Waals surface area contributed by atoms with Crippen LogP contribution >= 0.6 is 0 Å². The van der Waals surface area contributed by atoms with E-state index < -0.39 is 76.2 Å². The number of nitrogens with zero attached hydrogens (tertiary/aromatic N) is 3. The van der Waals surface area contributed by atoms with E-state index in [1.165, 1.54) is 4.90 Å². The van der Waals surface area contributed by atoms with Crippen molar-refractivity contribution in [2.45, 2.75) is 50.3 Å². The highest BCUT2D eigenvalue weighted by atomic mass is 16.3. The van der Waals surface area contributed by atoms with E-state index in [9.17, 15) is 34.2 Å². The zero-order valence-corrected chi connectivity index (χ0v) is 24.5. The minimum atomic E-state index is -2.76. The molecule has 1 aromatic carbocycles. The fraction of sp³-hybridized carbons (Fsp3) is 0.633. The van der Waals surface area contributed by atoms with Crippen LogP contribution in [0.1, 0.15) is 48.5 Å². The molecule has 8 atom stereocenters. The number of phenols is 1. The first kappa shape index (κ1) is 29.3. The number of hydrogen-bond acceptors (Lipinski definition) is 10. The number of ketones is 4. The van der Waals surface area contributed by atoms with E-state index in [0.717, 1.165) is 25.9 Å². The van der Waals surface area contributed by atoms with Crippen molar-refractivity contribution >= 4 is 34.7 Å². The Kier molecular flexibility index (Phi) is 7.15. The van der Waals surface area contributed by atoms with Crippen LogP contribution in [0, 0.1) is 29.6 Å². The fourth-order valence-corrected chi connectivity index (χ4v) is 8.34. The molecule has 1 amide bonds. The maximum absolute atomic E-state index is 14.2. The molecule has 4 N–H and O–H groups in total. The summed E-state index contributed by atoms with van der Waals surface area (Å²) < 4.78 is 0. The number of carbonyl (C=O) groups is 5. The summed E-state index contributed by atoms with van der Waals surface area (Å²) in [6.45, 7) is 5.41. The van der Waals surface area contributed by atoms with Gasteiger partial charge in [-0.05, 0) is 76.5 Å². The van der Waals surface area contributed by atoms with Crippen molar-refractivity contribution in [1.29, 1.82) is 0 Å². The quantitative estimate of drug-likeness (QED) is 0.428. The molecule has 1 aromatic rings. The molecule has 2 unspecified atom stereocenters. The highest BCUT2D eigenvalue weighted by Gasteiger charge is 2.72. The molecule has 5 rings (SSSR count). The summed E-state index contributed by atoms with van der Waals surface area (Å²) >= 11 is 0. The zero-order chi connectivity index (χ0) is 30.3. The Labute approximate surface area is 239 Å². The van der Waals surface area contributed by atoms with Crippen molar-refractivity contribution in [3.05, 3.63) is 23.3 Å². The minimum absolute atomic E-state index is 0.0218. The Hall–Kier alpha value is -3.15. The number of aliphatic hydroxyl groups is 1. The van der Waals surface area contributed by atoms with Crippen molar-refractivity contribution in [3.8, 4) is 5.75 Å². The number of anilines is 1. The lowest BCUT2D eigenvalue weighted by Gasteiger charge is -2.57. The summed E-state index contributed by atoms with van der Waals surface area (Å²) in [6.07, 6.45) is 1.77. The number of amides is 1. The Morgan fingerprint density at radius 1 is 1.05 bits per heavy atom. The molecular weight excluding hydrogens is 528 g/mol. The smallest absolute Gasteiger partial charge is 0.235 e. The lowest BCUT2D eigenvalue weighted by molar-refractivity contribution is -0.188. The van der Waals surface area contributed by atoms with Gasteiger partial charge in [0.05, 0.1) is 23.2 Å². The lowest BCUT2D eigenvalue weighted by atomic mass is 9.47. The second-order valence-electron chi connectivity index (χ2n) is 12.8. The highest BCUT2D eigenvalue weighted by molar-refractivity contribution is 6.32. The molecule has 1 saturated heterocycles. The number of rotatable bonds is 4. The molecule has 11 nitrogen and oxygen atoms in total. The minimum Gasteiger partial charge on any atom is -0.505 e. The van der Waals surface area contributed by atoms with Gasteiger partial charge in [-0.3, -0.25) is 28.9 Å². The van der Waals surface area contributed by atoms with Crippen molar-refractivity contribution in [2.24, 2.45) is 35.3 Å². The number of benzene rings is 1. The number of phenolic OH excluding ortho intramolecular Hbond substituents is 1. The number of Topliss-reactive ketones (excluding diaryl/α,β-unsaturated/α-hetero) is 4. The Balaban J connectivity index is 1.62. The average molecular weight is 569 g/mol. The molecule has 222 valence electrons. The summed E-state index contributed by atoms with van der Waals surface area (Å²) in [5.74, 6) is -11.5. The molecule has 4 aliphatic rings. The topological polar surface area (TPSA) is 162 Å². The average Bonchev–Trinajstić information content (AvgIpc) is 2.90. The van der Waals surface area contributed by atoms with Gasteiger partial charge in [-0.25, -0.2) is 0 Å². The van der Waals surface area contributed by atoms with Crippen LogP contribution in [0.2, 0.25) is 0 Å². The van der Waals surface area contributed by atoms with E-state index in [1.54, 1.807) is 27.1 Å². The van der Waals surface area contributed by atoms with Gasteiger partial charge in [-0.2, -0.15) is 0 Å². The van der Waals surface area contributed by atoms with Gasteiger partial charge in [-0.15, -0.1) is 0 Å². The van der Waals surface area contributed by atoms with Crippen molar-refractivity contribution in [3.63, 3.8) is 0 Å². The van der Waals surface area contributed by atoms with E-state index in [4.69, 9.17) is 5.73 Å². The molecule has 0 aromatic heterocycles. The number of likely N-dealkylation sites (N-methyl/N-ethyl adjacent to an activating group) is 1. The Bertz CT molecular complexity index is 1340. The number of aromatic hydroxyl groups is 1. The van der Waals surface area contributed by atoms with E-state index >= 15 is 0 Å². The lowest BCUT2D eigenvalue weighted by Crippen LogP contribution is -2.76. The third kappa shape index (κ3) is 3.99. The molecule has 0 radical (unpaired) electrons. The summed E-state index contributed by atoms with van der Waals surface area (Å²) in [6, 6.07) is 2.63. The fourth-order valence-electron chi connectivity index (χ4n) is 8.34. The monoisotopic (exact) mass is 568 g/mol. The summed E-state index contributed by atoms with van der Waals surface area (Å²) in [7, 11) is 7.08. The first-order chi connectivity index (χ1) is 19.2. The van der Waals surface area contributed by atoms with Crippen molar-refractivity contribution < 1.29 is 34.2 Å². The van der Waals surface area contributed by atoms with Gasteiger partial charge in [0.1, 0.15) is 5.75 Å². The Morgan fingerprint density at radius 2 is 1.66 bits per heavy atom. The zero-order valence-electron chi connectivity index (χ0n) is 24.5. The predicted octanol–water partition coefficient (Wildman–Crippen LogP) is 0.204. The van der Waals surface area contributed by atoms with Crippen LogP contribution in [0.25, 0.3) is 0 Å². The van der Waals surface area contributed by atoms with Gasteiger partial charge in [-0.1, -0.05) is 19.9 Å². The second-order valence-corrected chi connectivity index (χ2v) is 12.8. The van der Waals surface area contributed by atoms with E-state index in [0.29, 0.717) is 11.3 Å². The molecule has 3 fully saturated rings. The van der Waals surface area contributed by atoms with Crippen molar-refractivity contribution in [2.75, 3.05) is 46.2 Å². The first-order valence-corrected chi connectivity index (χ1v) is 14.3. The molecule has 2 saturated carbocycles. The van der Waals surface area contributed by atoms with Crippen LogP contribution in [0.4, 0.5) is 5.69 Å². The number of piperidine rings is 1. The molecule has 1 aliphatic heterocycles. The third-order valence-corrected chi connectivity index (χ3v) is 10.5. The largest absolute Gasteiger partial charge is 0.505 e. The van der Waals surface area contributed by atoms with Crippen LogP contribution in [0.3, 0.4) is 0 Å². The molecule has 11 heteroatoms. The van der Waals surface area contributed by atoms with E-state index in [2.05, 4.69) is 11.9 Å². The predicted molar refractivity (Wildman–Crippen MR) is 150 cm³/mol. The van der Waals surface area contributed by atoms with Gasteiger partial charge in [0, 0.05) is 19.0 Å². The van der Waals surface area contributed by atoms with Gasteiger partial charge in [0.25, 0.3) is 0 Å². The molecule has 1 heterocycles. The van der Waals surface area contributed by atoms with Gasteiger partial charge < -0.3 is 25.7 Å². The first-order valence-electron chi connectivity index (χ1n) is 14.3. The number of likely N-dealkylation sites (tertiary alicyclic amines) is 1. The van der Waals surface area contributed by atoms with Crippen molar-refractivity contribution in [1.82, 2.24) is 9.80 Å². The van der Waals surface area contributed by atoms with Crippen LogP contribution in [0.15, 0.2) is 12.1 Å². The normalized spacial score (nSPS) is 36.1. The van der Waals surface area contributed by atoms with Gasteiger partial charge >= 0.3 is 0 Å². The number of hydrogen-bond donors (Lipinski definition) is 3. The molecule has 41 heavy (non-hydrogen) atoms. The van der Waals surface area contributed by atoms with Crippen LogP contribution < -0.4 is 10.6 Å². The number of primary amides is 1. The summed E-state index contributed by atoms with van der Waals surface area (Å²) in [4.78, 5) is 73.3. The van der Waals surface area contributed by atoms with Crippen LogP contribution in [0.5, 0.6) is 5.75 Å². The second kappa shape index (κ2) is 9.99. The number of carbonyl (C=O) groups excluding carboxylic acids is 5. The third-order valence-electron chi connectivity index (χ3n) is 10.5. The summed E-state index contributed by atoms with van der Waals surface area (Å²) in [5.41, 5.74) is 3.75. The van der Waals surface area contributed by atoms with Crippen LogP contribution in [-0.4, -0.2) is 108 Å².